The van der Waals surface area contributed by atoms with Crippen molar-refractivity contribution in [2.45, 2.75) is 0 Å². The van der Waals surface area contributed by atoms with Gasteiger partial charge in [0.25, 0.3) is 5.91 Å². The van der Waals surface area contributed by atoms with Crippen molar-refractivity contribution in [2.75, 3.05) is 5.32 Å². The molecule has 0 fully saturated rings. The van der Waals surface area contributed by atoms with Crippen LogP contribution in [0.5, 0.6) is 0 Å². The fourth-order valence-corrected chi connectivity index (χ4v) is 2.21. The number of hydrogen-bond donors (Lipinski definition) is 1. The van der Waals surface area contributed by atoms with E-state index in [1.165, 1.54) is 0 Å². The van der Waals surface area contributed by atoms with E-state index in [-0.39, 0.29) is 5.91 Å². The summed E-state index contributed by atoms with van der Waals surface area (Å²) in [5.74, 6) is -0.221. The van der Waals surface area contributed by atoms with Crippen molar-refractivity contribution < 1.29 is 4.79 Å². The number of nitrogens with zero attached hydrogens (tertiary/aromatic N) is 1. The van der Waals surface area contributed by atoms with E-state index in [1.54, 1.807) is 36.5 Å². The lowest BCUT2D eigenvalue weighted by atomic mass is 10.2. The van der Waals surface area contributed by atoms with Gasteiger partial charge in [-0.2, -0.15) is 0 Å². The van der Waals surface area contributed by atoms with E-state index in [4.69, 9.17) is 11.6 Å². The van der Waals surface area contributed by atoms with Gasteiger partial charge in [-0.1, -0.05) is 11.6 Å². The first kappa shape index (κ1) is 13.5. The van der Waals surface area contributed by atoms with Crippen LogP contribution in [0.25, 0.3) is 0 Å². The maximum atomic E-state index is 12.0. The monoisotopic (exact) mass is 388 g/mol. The number of rotatable bonds is 2. The van der Waals surface area contributed by atoms with E-state index in [0.717, 1.165) is 4.47 Å². The van der Waals surface area contributed by atoms with Crippen molar-refractivity contribution in [1.29, 1.82) is 0 Å². The SMILES string of the molecule is O=C(Nc1cc(Cl)ccc1Br)c1ccnc(Br)c1. The van der Waals surface area contributed by atoms with Crippen LogP contribution >= 0.6 is 43.5 Å². The Morgan fingerprint density at radius 3 is 2.72 bits per heavy atom. The zero-order valence-corrected chi connectivity index (χ0v) is 12.9. The highest BCUT2D eigenvalue weighted by atomic mass is 79.9. The molecule has 0 aliphatic carbocycles. The summed E-state index contributed by atoms with van der Waals surface area (Å²) in [4.78, 5) is 16.0. The fraction of sp³-hybridized carbons (Fsp3) is 0. The summed E-state index contributed by atoms with van der Waals surface area (Å²) in [6, 6.07) is 8.48. The molecule has 0 aliphatic rings. The molecule has 6 heteroatoms. The zero-order valence-electron chi connectivity index (χ0n) is 8.95. The molecule has 2 rings (SSSR count). The molecule has 0 radical (unpaired) electrons. The van der Waals surface area contributed by atoms with Gasteiger partial charge in [-0.15, -0.1) is 0 Å². The van der Waals surface area contributed by atoms with Gasteiger partial charge in [0.1, 0.15) is 4.60 Å². The number of nitrogens with one attached hydrogen (secondary N) is 1. The van der Waals surface area contributed by atoms with Gasteiger partial charge in [0, 0.05) is 21.3 Å². The molecule has 0 bridgehead atoms. The van der Waals surface area contributed by atoms with Gasteiger partial charge in [-0.25, -0.2) is 4.98 Å². The topological polar surface area (TPSA) is 42.0 Å². The summed E-state index contributed by atoms with van der Waals surface area (Å²) in [7, 11) is 0. The maximum absolute atomic E-state index is 12.0. The first-order chi connectivity index (χ1) is 8.56. The summed E-state index contributed by atoms with van der Waals surface area (Å²) >= 11 is 12.5. The minimum atomic E-state index is -0.221. The quantitative estimate of drug-likeness (QED) is 0.767. The Morgan fingerprint density at radius 2 is 2.00 bits per heavy atom. The van der Waals surface area contributed by atoms with Crippen LogP contribution in [0.15, 0.2) is 45.6 Å². The van der Waals surface area contributed by atoms with Crippen LogP contribution in [0.4, 0.5) is 5.69 Å². The molecule has 0 aliphatic heterocycles. The van der Waals surface area contributed by atoms with Crippen molar-refractivity contribution in [3.63, 3.8) is 0 Å². The molecule has 1 amide bonds. The van der Waals surface area contributed by atoms with Crippen LogP contribution in [0.1, 0.15) is 10.4 Å². The number of benzene rings is 1. The Balaban J connectivity index is 2.24. The number of hydrogen-bond acceptors (Lipinski definition) is 2. The molecule has 1 N–H and O–H groups in total. The normalized spacial score (nSPS) is 10.2. The second kappa shape index (κ2) is 5.82. The number of pyridine rings is 1. The second-order valence-electron chi connectivity index (χ2n) is 3.45. The molecule has 1 heterocycles. The number of carbonyl (C=O) groups excluding carboxylic acids is 1. The van der Waals surface area contributed by atoms with Crippen LogP contribution in [-0.2, 0) is 0 Å². The molecule has 18 heavy (non-hydrogen) atoms. The van der Waals surface area contributed by atoms with Gasteiger partial charge in [0.15, 0.2) is 0 Å². The van der Waals surface area contributed by atoms with Gasteiger partial charge in [-0.3, -0.25) is 4.79 Å². The van der Waals surface area contributed by atoms with Crippen LogP contribution in [0.2, 0.25) is 5.02 Å². The summed E-state index contributed by atoms with van der Waals surface area (Å²) in [5.41, 5.74) is 1.14. The van der Waals surface area contributed by atoms with E-state index >= 15 is 0 Å². The van der Waals surface area contributed by atoms with Crippen molar-refractivity contribution in [3.8, 4) is 0 Å². The molecule has 0 unspecified atom stereocenters. The highest BCUT2D eigenvalue weighted by Crippen LogP contribution is 2.26. The zero-order chi connectivity index (χ0) is 13.1. The standard InChI is InChI=1S/C12H7Br2ClN2O/c13-9-2-1-8(15)6-10(9)17-12(18)7-3-4-16-11(14)5-7/h1-6H,(H,17,18). The summed E-state index contributed by atoms with van der Waals surface area (Å²) < 4.78 is 1.38. The predicted octanol–water partition coefficient (Wildman–Crippen LogP) is 4.51. The molecule has 0 saturated carbocycles. The van der Waals surface area contributed by atoms with Crippen molar-refractivity contribution >= 4 is 55.1 Å². The average Bonchev–Trinajstić information content (AvgIpc) is 2.34. The van der Waals surface area contributed by atoms with Crippen LogP contribution in [0.3, 0.4) is 0 Å². The van der Waals surface area contributed by atoms with E-state index < -0.39 is 0 Å². The molecule has 92 valence electrons. The molecule has 1 aromatic heterocycles. The first-order valence-corrected chi connectivity index (χ1v) is 6.90. The van der Waals surface area contributed by atoms with Crippen LogP contribution < -0.4 is 5.32 Å². The maximum Gasteiger partial charge on any atom is 0.255 e. The Morgan fingerprint density at radius 1 is 1.22 bits per heavy atom. The number of carbonyl (C=O) groups is 1. The summed E-state index contributed by atoms with van der Waals surface area (Å²) in [6.07, 6.45) is 1.56. The van der Waals surface area contributed by atoms with Gasteiger partial charge in [0.2, 0.25) is 0 Å². The summed E-state index contributed by atoms with van der Waals surface area (Å²) in [5, 5.41) is 3.34. The van der Waals surface area contributed by atoms with E-state index in [1.807, 2.05) is 0 Å². The van der Waals surface area contributed by atoms with Crippen molar-refractivity contribution in [1.82, 2.24) is 4.98 Å². The van der Waals surface area contributed by atoms with Gasteiger partial charge in [-0.05, 0) is 62.2 Å². The third kappa shape index (κ3) is 3.31. The Hall–Kier alpha value is -0.910. The molecule has 0 saturated heterocycles. The number of amides is 1. The average molecular weight is 390 g/mol. The highest BCUT2D eigenvalue weighted by molar-refractivity contribution is 9.10. The van der Waals surface area contributed by atoms with Crippen LogP contribution in [0, 0.1) is 0 Å². The fourth-order valence-electron chi connectivity index (χ4n) is 1.33. The lowest BCUT2D eigenvalue weighted by Crippen LogP contribution is -2.12. The first-order valence-electron chi connectivity index (χ1n) is 4.94. The third-order valence-corrected chi connectivity index (χ3v) is 3.53. The van der Waals surface area contributed by atoms with Crippen molar-refractivity contribution in [3.05, 3.63) is 56.2 Å². The largest absolute Gasteiger partial charge is 0.321 e. The molecule has 0 spiro atoms. The van der Waals surface area contributed by atoms with E-state index in [0.29, 0.717) is 20.9 Å². The number of halogens is 3. The Kier molecular flexibility index (Phi) is 4.37. The minimum Gasteiger partial charge on any atom is -0.321 e. The van der Waals surface area contributed by atoms with Gasteiger partial charge >= 0.3 is 0 Å². The predicted molar refractivity (Wildman–Crippen MR) is 79.0 cm³/mol. The lowest BCUT2D eigenvalue weighted by molar-refractivity contribution is 0.102. The number of aromatic nitrogens is 1. The van der Waals surface area contributed by atoms with Crippen molar-refractivity contribution in [2.24, 2.45) is 0 Å². The molecular formula is C12H7Br2ClN2O. The number of anilines is 1. The smallest absolute Gasteiger partial charge is 0.255 e. The minimum absolute atomic E-state index is 0.221. The molecule has 0 atom stereocenters. The van der Waals surface area contributed by atoms with Gasteiger partial charge in [0.05, 0.1) is 5.69 Å². The highest BCUT2D eigenvalue weighted by Gasteiger charge is 2.09. The lowest BCUT2D eigenvalue weighted by Gasteiger charge is -2.07. The molecular weight excluding hydrogens is 383 g/mol. The van der Waals surface area contributed by atoms with E-state index in [2.05, 4.69) is 42.2 Å². The summed E-state index contributed by atoms with van der Waals surface area (Å²) in [6.45, 7) is 0. The second-order valence-corrected chi connectivity index (χ2v) is 5.55. The molecule has 1 aromatic carbocycles. The van der Waals surface area contributed by atoms with Gasteiger partial charge < -0.3 is 5.32 Å². The Labute approximate surface area is 126 Å². The van der Waals surface area contributed by atoms with Crippen LogP contribution in [-0.4, -0.2) is 10.9 Å². The molecule has 2 aromatic rings. The third-order valence-electron chi connectivity index (χ3n) is 2.17. The van der Waals surface area contributed by atoms with E-state index in [9.17, 15) is 4.79 Å². The Bertz CT molecular complexity index is 604. The molecule has 3 nitrogen and oxygen atoms in total.